The van der Waals surface area contributed by atoms with Gasteiger partial charge in [0.2, 0.25) is 5.91 Å². The number of carbonyl (C=O) groups excluding carboxylic acids is 1. The summed E-state index contributed by atoms with van der Waals surface area (Å²) in [5, 5.41) is 1.15. The summed E-state index contributed by atoms with van der Waals surface area (Å²) in [6.45, 7) is 3.84. The Labute approximate surface area is 218 Å². The van der Waals surface area contributed by atoms with Crippen molar-refractivity contribution in [2.75, 3.05) is 26.3 Å². The van der Waals surface area contributed by atoms with E-state index in [2.05, 4.69) is 17.0 Å². The van der Waals surface area contributed by atoms with Gasteiger partial charge >= 0.3 is 0 Å². The molecule has 3 fully saturated rings. The van der Waals surface area contributed by atoms with E-state index in [-0.39, 0.29) is 17.9 Å². The molecule has 7 heteroatoms. The number of nitrogens with zero attached hydrogens (tertiary/aromatic N) is 2. The molecule has 0 bridgehead atoms. The minimum Gasteiger partial charge on any atom is -0.490 e. The molecule has 3 heterocycles. The third kappa shape index (κ3) is 5.20. The smallest absolute Gasteiger partial charge is 0.218 e. The zero-order valence-corrected chi connectivity index (χ0v) is 22.1. The van der Waals surface area contributed by atoms with Crippen LogP contribution in [0.5, 0.6) is 5.75 Å². The van der Waals surface area contributed by atoms with Gasteiger partial charge in [0.1, 0.15) is 10.6 Å². The number of primary amides is 1. The fourth-order valence-corrected chi connectivity index (χ4v) is 8.14. The Hall–Kier alpha value is -1.96. The number of rotatable bonds is 6. The first-order chi connectivity index (χ1) is 17.6. The fraction of sp³-hybridized carbons (Fsp3) is 0.655. The normalized spacial score (nSPS) is 27.2. The summed E-state index contributed by atoms with van der Waals surface area (Å²) >= 11 is 1.80. The lowest BCUT2D eigenvalue weighted by Crippen LogP contribution is -2.46. The molecule has 6 rings (SSSR count). The summed E-state index contributed by atoms with van der Waals surface area (Å²) in [6.07, 6.45) is 15.8. The topological polar surface area (TPSA) is 77.7 Å². The molecular formula is C29H39N3O3S. The van der Waals surface area contributed by atoms with E-state index in [9.17, 15) is 4.79 Å². The summed E-state index contributed by atoms with van der Waals surface area (Å²) in [5.41, 5.74) is 9.46. The average molecular weight is 510 g/mol. The molecule has 2 N–H and O–H groups in total. The molecular weight excluding hydrogens is 470 g/mol. The summed E-state index contributed by atoms with van der Waals surface area (Å²) < 4.78 is 12.4. The number of nitrogens with two attached hydrogens (primary N) is 1. The third-order valence-electron chi connectivity index (χ3n) is 8.68. The predicted octanol–water partition coefficient (Wildman–Crippen LogP) is 5.57. The van der Waals surface area contributed by atoms with E-state index >= 15 is 0 Å². The Morgan fingerprint density at radius 1 is 1.11 bits per heavy atom. The minimum atomic E-state index is -0.220. The van der Waals surface area contributed by atoms with E-state index < -0.39 is 0 Å². The molecule has 2 saturated carbocycles. The Morgan fingerprint density at radius 2 is 1.89 bits per heavy atom. The second-order valence-corrected chi connectivity index (χ2v) is 12.2. The van der Waals surface area contributed by atoms with Crippen LogP contribution >= 0.6 is 11.3 Å². The van der Waals surface area contributed by atoms with Gasteiger partial charge in [-0.05, 0) is 81.8 Å². The number of aryl methyl sites for hydroxylation is 1. The molecule has 1 saturated heterocycles. The minimum absolute atomic E-state index is 0.190. The maximum Gasteiger partial charge on any atom is 0.218 e. The maximum atomic E-state index is 11.8. The quantitative estimate of drug-likeness (QED) is 0.551. The molecule has 2 aromatic heterocycles. The Morgan fingerprint density at radius 3 is 2.64 bits per heavy atom. The summed E-state index contributed by atoms with van der Waals surface area (Å²) in [4.78, 5) is 22.0. The van der Waals surface area contributed by atoms with Gasteiger partial charge in [-0.2, -0.15) is 0 Å². The van der Waals surface area contributed by atoms with Crippen LogP contribution in [0.2, 0.25) is 0 Å². The SMILES string of the molecule is NC(=O)C[C@H]1CCc2sc3nc(C=C4CCCCC4)cc(O[C@H]4CC[C@H](N5CCOCC5)CC4)c3c21. The van der Waals surface area contributed by atoms with Gasteiger partial charge in [0.25, 0.3) is 0 Å². The summed E-state index contributed by atoms with van der Waals surface area (Å²) in [7, 11) is 0. The lowest BCUT2D eigenvalue weighted by Gasteiger charge is -2.38. The molecule has 1 amide bonds. The fourth-order valence-electron chi connectivity index (χ4n) is 6.84. The van der Waals surface area contributed by atoms with Crippen molar-refractivity contribution in [1.29, 1.82) is 0 Å². The van der Waals surface area contributed by atoms with Crippen LogP contribution in [0.1, 0.15) is 92.7 Å². The number of morpholine rings is 1. The number of ether oxygens (including phenoxy) is 2. The predicted molar refractivity (Wildman–Crippen MR) is 145 cm³/mol. The number of hydrogen-bond donors (Lipinski definition) is 1. The Bertz CT molecular complexity index is 1120. The molecule has 36 heavy (non-hydrogen) atoms. The van der Waals surface area contributed by atoms with Crippen LogP contribution in [0.4, 0.5) is 0 Å². The molecule has 6 nitrogen and oxygen atoms in total. The first-order valence-electron chi connectivity index (χ1n) is 14.1. The van der Waals surface area contributed by atoms with Crippen molar-refractivity contribution >= 4 is 33.5 Å². The van der Waals surface area contributed by atoms with Crippen molar-refractivity contribution in [3.8, 4) is 5.75 Å². The van der Waals surface area contributed by atoms with E-state index in [4.69, 9.17) is 20.2 Å². The number of thiophene rings is 1. The van der Waals surface area contributed by atoms with Crippen LogP contribution in [-0.2, 0) is 16.0 Å². The van der Waals surface area contributed by atoms with Crippen molar-refractivity contribution in [1.82, 2.24) is 9.88 Å². The molecule has 0 spiro atoms. The number of aromatic nitrogens is 1. The van der Waals surface area contributed by atoms with Crippen molar-refractivity contribution < 1.29 is 14.3 Å². The van der Waals surface area contributed by atoms with Crippen molar-refractivity contribution in [2.45, 2.75) is 95.1 Å². The van der Waals surface area contributed by atoms with Crippen molar-refractivity contribution in [3.05, 3.63) is 27.8 Å². The highest BCUT2D eigenvalue weighted by Gasteiger charge is 2.33. The number of allylic oxidation sites excluding steroid dienone is 1. The van der Waals surface area contributed by atoms with Crippen LogP contribution in [0.15, 0.2) is 11.6 Å². The number of carbonyl (C=O) groups is 1. The van der Waals surface area contributed by atoms with E-state index in [0.29, 0.717) is 12.5 Å². The second-order valence-electron chi connectivity index (χ2n) is 11.1. The largest absolute Gasteiger partial charge is 0.490 e. The first-order valence-corrected chi connectivity index (χ1v) is 14.9. The second kappa shape index (κ2) is 10.8. The number of hydrogen-bond acceptors (Lipinski definition) is 6. The average Bonchev–Trinajstić information content (AvgIpc) is 3.45. The van der Waals surface area contributed by atoms with Gasteiger partial charge in [0, 0.05) is 36.5 Å². The van der Waals surface area contributed by atoms with E-state index in [1.165, 1.54) is 61.0 Å². The van der Waals surface area contributed by atoms with Gasteiger partial charge in [-0.3, -0.25) is 9.69 Å². The Kier molecular flexibility index (Phi) is 7.31. The van der Waals surface area contributed by atoms with Crippen LogP contribution in [0.3, 0.4) is 0 Å². The van der Waals surface area contributed by atoms with E-state index in [1.807, 2.05) is 0 Å². The van der Waals surface area contributed by atoms with Crippen molar-refractivity contribution in [2.24, 2.45) is 5.73 Å². The highest BCUT2D eigenvalue weighted by Crippen LogP contribution is 2.48. The van der Waals surface area contributed by atoms with E-state index in [1.54, 1.807) is 11.3 Å². The zero-order chi connectivity index (χ0) is 24.5. The summed E-state index contributed by atoms with van der Waals surface area (Å²) in [6, 6.07) is 2.84. The first kappa shape index (κ1) is 24.4. The molecule has 4 aliphatic rings. The molecule has 194 valence electrons. The van der Waals surface area contributed by atoms with Crippen LogP contribution in [-0.4, -0.2) is 54.2 Å². The van der Waals surface area contributed by atoms with Gasteiger partial charge < -0.3 is 15.2 Å². The number of amides is 1. The number of pyridine rings is 1. The van der Waals surface area contributed by atoms with Crippen LogP contribution in [0.25, 0.3) is 16.3 Å². The van der Waals surface area contributed by atoms with Crippen LogP contribution in [0, 0.1) is 0 Å². The van der Waals surface area contributed by atoms with E-state index in [0.717, 1.165) is 73.6 Å². The van der Waals surface area contributed by atoms with Gasteiger partial charge in [-0.15, -0.1) is 11.3 Å². The zero-order valence-electron chi connectivity index (χ0n) is 21.3. The van der Waals surface area contributed by atoms with Gasteiger partial charge in [0.05, 0.1) is 30.4 Å². The van der Waals surface area contributed by atoms with Crippen LogP contribution < -0.4 is 10.5 Å². The standard InChI is InChI=1S/C29H39N3O3S/c30-26(33)17-20-6-11-25-27(20)28-24(18-21(31-29(28)36-25)16-19-4-2-1-3-5-19)35-23-9-7-22(8-10-23)32-12-14-34-15-13-32/h16,18,20,22-23H,1-15,17H2,(H2,30,33)/t20-,22-,23-/m1/s1. The molecule has 2 aromatic rings. The lowest BCUT2D eigenvalue weighted by atomic mass is 9.91. The highest BCUT2D eigenvalue weighted by atomic mass is 32.1. The molecule has 1 aliphatic heterocycles. The highest BCUT2D eigenvalue weighted by molar-refractivity contribution is 7.19. The third-order valence-corrected chi connectivity index (χ3v) is 9.84. The molecule has 3 aliphatic carbocycles. The van der Waals surface area contributed by atoms with Crippen molar-refractivity contribution in [3.63, 3.8) is 0 Å². The van der Waals surface area contributed by atoms with Gasteiger partial charge in [-0.1, -0.05) is 12.0 Å². The molecule has 0 unspecified atom stereocenters. The van der Waals surface area contributed by atoms with Gasteiger partial charge in [0.15, 0.2) is 0 Å². The lowest BCUT2D eigenvalue weighted by molar-refractivity contribution is -0.118. The summed E-state index contributed by atoms with van der Waals surface area (Å²) in [5.74, 6) is 0.948. The molecule has 0 radical (unpaired) electrons. The Balaban J connectivity index is 1.28. The molecule has 1 atom stereocenters. The van der Waals surface area contributed by atoms with Gasteiger partial charge in [-0.25, -0.2) is 4.98 Å². The maximum absolute atomic E-state index is 11.8. The number of fused-ring (bicyclic) bond motifs is 3. The molecule has 0 aromatic carbocycles. The monoisotopic (exact) mass is 509 g/mol.